The van der Waals surface area contributed by atoms with Gasteiger partial charge in [-0.1, -0.05) is 6.07 Å². The highest BCUT2D eigenvalue weighted by Gasteiger charge is 2.21. The number of hydrogen-bond acceptors (Lipinski definition) is 7. The second kappa shape index (κ2) is 8.09. The largest absolute Gasteiger partial charge is 0.439 e. The number of nitrogens with zero attached hydrogens (tertiary/aromatic N) is 4. The van der Waals surface area contributed by atoms with Crippen LogP contribution in [0.5, 0.6) is 11.6 Å². The van der Waals surface area contributed by atoms with Crippen LogP contribution in [0, 0.1) is 0 Å². The molecule has 3 aromatic heterocycles. The minimum Gasteiger partial charge on any atom is -0.439 e. The molecule has 0 aliphatic carbocycles. The highest BCUT2D eigenvalue weighted by Crippen LogP contribution is 2.26. The molecule has 0 radical (unpaired) electrons. The van der Waals surface area contributed by atoms with E-state index in [1.165, 1.54) is 0 Å². The number of nitrogens with one attached hydrogen (secondary N) is 1. The first-order valence-corrected chi connectivity index (χ1v) is 11.8. The Kier molecular flexibility index (Phi) is 5.13. The predicted molar refractivity (Wildman–Crippen MR) is 118 cm³/mol. The summed E-state index contributed by atoms with van der Waals surface area (Å²) in [6, 6.07) is 15.4. The number of benzene rings is 1. The molecule has 31 heavy (non-hydrogen) atoms. The molecule has 4 aromatic rings. The second-order valence-electron chi connectivity index (χ2n) is 7.54. The fourth-order valence-electron chi connectivity index (χ4n) is 3.57. The van der Waals surface area contributed by atoms with Crippen LogP contribution in [-0.4, -0.2) is 58.1 Å². The van der Waals surface area contributed by atoms with Gasteiger partial charge < -0.3 is 4.74 Å². The first-order valence-electron chi connectivity index (χ1n) is 10.0. The van der Waals surface area contributed by atoms with Crippen LogP contribution in [0.1, 0.15) is 5.69 Å². The summed E-state index contributed by atoms with van der Waals surface area (Å²) in [7, 11) is -2.87. The van der Waals surface area contributed by atoms with Crippen molar-refractivity contribution >= 4 is 20.7 Å². The fraction of sp³-hybridized carbons (Fsp3) is 0.227. The zero-order valence-corrected chi connectivity index (χ0v) is 17.5. The molecule has 0 unspecified atom stereocenters. The van der Waals surface area contributed by atoms with E-state index in [2.05, 4.69) is 20.1 Å². The van der Waals surface area contributed by atoms with E-state index < -0.39 is 9.84 Å². The Morgan fingerprint density at radius 2 is 1.90 bits per heavy atom. The van der Waals surface area contributed by atoms with E-state index in [-0.39, 0.29) is 11.5 Å². The van der Waals surface area contributed by atoms with Crippen molar-refractivity contribution in [2.75, 3.05) is 24.6 Å². The standard InChI is InChI=1S/C22H21N5O3S/c28-31(29)11-9-27(10-12-31)15-18-3-1-16-13-19(4-5-20(16)25-18)30-22-6-2-17(14-23-22)21-7-8-24-26-21/h1-8,13-14H,9-12,15H2,(H,24,26). The Balaban J connectivity index is 1.27. The average Bonchev–Trinajstić information content (AvgIpc) is 3.31. The van der Waals surface area contributed by atoms with Gasteiger partial charge in [-0.25, -0.2) is 13.4 Å². The molecule has 9 heteroatoms. The Labute approximate surface area is 179 Å². The molecular formula is C22H21N5O3S. The Hall–Kier alpha value is -3.30. The van der Waals surface area contributed by atoms with Crippen molar-refractivity contribution in [3.05, 3.63) is 66.6 Å². The number of ether oxygens (including phenoxy) is 1. The molecule has 0 spiro atoms. The van der Waals surface area contributed by atoms with Gasteiger partial charge in [0.05, 0.1) is 28.4 Å². The molecule has 1 aliphatic heterocycles. The van der Waals surface area contributed by atoms with Crippen LogP contribution in [-0.2, 0) is 16.4 Å². The maximum Gasteiger partial charge on any atom is 0.219 e. The maximum absolute atomic E-state index is 11.6. The third kappa shape index (κ3) is 4.57. The smallest absolute Gasteiger partial charge is 0.219 e. The summed E-state index contributed by atoms with van der Waals surface area (Å²) in [5.74, 6) is 1.63. The highest BCUT2D eigenvalue weighted by atomic mass is 32.2. The average molecular weight is 436 g/mol. The molecule has 1 aromatic carbocycles. The summed E-state index contributed by atoms with van der Waals surface area (Å²) < 4.78 is 29.1. The van der Waals surface area contributed by atoms with E-state index in [4.69, 9.17) is 9.72 Å². The summed E-state index contributed by atoms with van der Waals surface area (Å²) in [6.45, 7) is 1.76. The Bertz CT molecular complexity index is 1290. The van der Waals surface area contributed by atoms with Gasteiger partial charge in [0, 0.05) is 49.0 Å². The van der Waals surface area contributed by atoms with E-state index in [0.29, 0.717) is 31.3 Å². The van der Waals surface area contributed by atoms with E-state index in [0.717, 1.165) is 27.9 Å². The lowest BCUT2D eigenvalue weighted by molar-refractivity contribution is 0.284. The van der Waals surface area contributed by atoms with Crippen molar-refractivity contribution in [1.29, 1.82) is 0 Å². The van der Waals surface area contributed by atoms with E-state index in [1.54, 1.807) is 12.4 Å². The molecule has 0 amide bonds. The summed E-state index contributed by atoms with van der Waals surface area (Å²) in [5, 5.41) is 7.82. The van der Waals surface area contributed by atoms with Gasteiger partial charge in [-0.2, -0.15) is 5.10 Å². The number of pyridine rings is 2. The number of H-pyrrole nitrogens is 1. The van der Waals surface area contributed by atoms with Crippen molar-refractivity contribution in [2.45, 2.75) is 6.54 Å². The lowest BCUT2D eigenvalue weighted by Gasteiger charge is -2.26. The van der Waals surface area contributed by atoms with Crippen LogP contribution < -0.4 is 4.74 Å². The number of fused-ring (bicyclic) bond motifs is 1. The predicted octanol–water partition coefficient (Wildman–Crippen LogP) is 3.04. The fourth-order valence-corrected chi connectivity index (χ4v) is 4.85. The number of aromatic nitrogens is 4. The molecule has 1 fully saturated rings. The summed E-state index contributed by atoms with van der Waals surface area (Å²) in [5.41, 5.74) is 3.64. The van der Waals surface area contributed by atoms with Crippen molar-refractivity contribution < 1.29 is 13.2 Å². The van der Waals surface area contributed by atoms with Crippen molar-refractivity contribution in [2.24, 2.45) is 0 Å². The van der Waals surface area contributed by atoms with Crippen LogP contribution in [0.25, 0.3) is 22.2 Å². The summed E-state index contributed by atoms with van der Waals surface area (Å²) in [4.78, 5) is 11.2. The van der Waals surface area contributed by atoms with Crippen molar-refractivity contribution in [3.8, 4) is 22.9 Å². The molecule has 0 saturated carbocycles. The first-order chi connectivity index (χ1) is 15.0. The minimum atomic E-state index is -2.87. The van der Waals surface area contributed by atoms with Gasteiger partial charge in [0.2, 0.25) is 5.88 Å². The molecule has 0 bridgehead atoms. The summed E-state index contributed by atoms with van der Waals surface area (Å²) in [6.07, 6.45) is 3.44. The van der Waals surface area contributed by atoms with Gasteiger partial charge in [0.25, 0.3) is 0 Å². The zero-order chi connectivity index (χ0) is 21.3. The number of sulfone groups is 1. The Morgan fingerprint density at radius 3 is 2.65 bits per heavy atom. The first kappa shape index (κ1) is 19.7. The molecule has 5 rings (SSSR count). The molecule has 1 saturated heterocycles. The number of hydrogen-bond donors (Lipinski definition) is 1. The quantitative estimate of drug-likeness (QED) is 0.514. The number of aromatic amines is 1. The van der Waals surface area contributed by atoms with Crippen LogP contribution in [0.2, 0.25) is 0 Å². The summed E-state index contributed by atoms with van der Waals surface area (Å²) >= 11 is 0. The van der Waals surface area contributed by atoms with Gasteiger partial charge in [0.1, 0.15) is 5.75 Å². The van der Waals surface area contributed by atoms with Crippen LogP contribution >= 0.6 is 0 Å². The van der Waals surface area contributed by atoms with E-state index >= 15 is 0 Å². The molecule has 1 N–H and O–H groups in total. The van der Waals surface area contributed by atoms with E-state index in [9.17, 15) is 8.42 Å². The molecule has 8 nitrogen and oxygen atoms in total. The third-order valence-electron chi connectivity index (χ3n) is 5.31. The molecule has 158 valence electrons. The van der Waals surface area contributed by atoms with Crippen LogP contribution in [0.4, 0.5) is 0 Å². The minimum absolute atomic E-state index is 0.220. The molecular weight excluding hydrogens is 414 g/mol. The normalized spacial score (nSPS) is 16.4. The van der Waals surface area contributed by atoms with Gasteiger partial charge >= 0.3 is 0 Å². The van der Waals surface area contributed by atoms with Gasteiger partial charge in [-0.05, 0) is 36.4 Å². The van der Waals surface area contributed by atoms with Crippen molar-refractivity contribution in [1.82, 2.24) is 25.1 Å². The third-order valence-corrected chi connectivity index (χ3v) is 6.92. The topological polar surface area (TPSA) is 101 Å². The zero-order valence-electron chi connectivity index (χ0n) is 16.7. The maximum atomic E-state index is 11.6. The van der Waals surface area contributed by atoms with Crippen LogP contribution in [0.15, 0.2) is 60.9 Å². The van der Waals surface area contributed by atoms with Gasteiger partial charge in [0.15, 0.2) is 9.84 Å². The van der Waals surface area contributed by atoms with Crippen molar-refractivity contribution in [3.63, 3.8) is 0 Å². The van der Waals surface area contributed by atoms with E-state index in [1.807, 2.05) is 48.5 Å². The van der Waals surface area contributed by atoms with Gasteiger partial charge in [-0.15, -0.1) is 0 Å². The number of rotatable bonds is 5. The lowest BCUT2D eigenvalue weighted by atomic mass is 10.2. The highest BCUT2D eigenvalue weighted by molar-refractivity contribution is 7.91. The SMILES string of the molecule is O=S1(=O)CCN(Cc2ccc3cc(Oc4ccc(-c5ccn[nH]5)cn4)ccc3n2)CC1. The van der Waals surface area contributed by atoms with Gasteiger partial charge in [-0.3, -0.25) is 15.0 Å². The second-order valence-corrected chi connectivity index (χ2v) is 9.85. The van der Waals surface area contributed by atoms with Crippen LogP contribution in [0.3, 0.4) is 0 Å². The molecule has 0 atom stereocenters. The molecule has 1 aliphatic rings. The molecule has 4 heterocycles. The monoisotopic (exact) mass is 435 g/mol. The Morgan fingerprint density at radius 1 is 1.03 bits per heavy atom. The lowest BCUT2D eigenvalue weighted by Crippen LogP contribution is -2.39.